The van der Waals surface area contributed by atoms with Gasteiger partial charge in [-0.15, -0.1) is 0 Å². The molecule has 0 fully saturated rings. The largest absolute Gasteiger partial charge is 0.457 e. The molecule has 0 saturated heterocycles. The summed E-state index contributed by atoms with van der Waals surface area (Å²) in [6.45, 7) is 0.566. The van der Waals surface area contributed by atoms with Crippen molar-refractivity contribution in [3.63, 3.8) is 0 Å². The number of nitrogens with zero attached hydrogens (tertiary/aromatic N) is 2. The molecule has 5 heteroatoms. The Bertz CT molecular complexity index is 726. The number of hydrogen-bond acceptors (Lipinski definition) is 5. The first-order chi connectivity index (χ1) is 10.8. The molecule has 1 aromatic heterocycles. The van der Waals surface area contributed by atoms with Crippen LogP contribution in [-0.2, 0) is 11.2 Å². The molecule has 22 heavy (non-hydrogen) atoms. The fourth-order valence-corrected chi connectivity index (χ4v) is 1.98. The van der Waals surface area contributed by atoms with Gasteiger partial charge in [0.25, 0.3) is 5.89 Å². The quantitative estimate of drug-likeness (QED) is 0.694. The van der Waals surface area contributed by atoms with Crippen molar-refractivity contribution in [3.05, 3.63) is 60.4 Å². The van der Waals surface area contributed by atoms with E-state index in [1.807, 2.05) is 54.6 Å². The third-order valence-electron chi connectivity index (χ3n) is 3.06. The molecule has 112 valence electrons. The number of para-hydroxylation sites is 1. The monoisotopic (exact) mass is 296 g/mol. The van der Waals surface area contributed by atoms with Gasteiger partial charge in [0, 0.05) is 19.1 Å². The molecule has 0 spiro atoms. The number of aromatic nitrogens is 2. The minimum absolute atomic E-state index is 0.476. The summed E-state index contributed by atoms with van der Waals surface area (Å²) >= 11 is 0. The Hall–Kier alpha value is -2.66. The lowest BCUT2D eigenvalue weighted by Gasteiger charge is -2.05. The Balaban J connectivity index is 1.77. The predicted octanol–water partition coefficient (Wildman–Crippen LogP) is 3.72. The van der Waals surface area contributed by atoms with Gasteiger partial charge in [-0.25, -0.2) is 0 Å². The maximum atomic E-state index is 5.80. The third-order valence-corrected chi connectivity index (χ3v) is 3.06. The zero-order chi connectivity index (χ0) is 15.2. The average molecular weight is 296 g/mol. The third kappa shape index (κ3) is 3.51. The van der Waals surface area contributed by atoms with Crippen LogP contribution >= 0.6 is 0 Å². The van der Waals surface area contributed by atoms with E-state index in [4.69, 9.17) is 14.0 Å². The molecule has 1 heterocycles. The highest BCUT2D eigenvalue weighted by Gasteiger charge is 2.09. The molecule has 0 N–H and O–H groups in total. The van der Waals surface area contributed by atoms with Crippen LogP contribution in [0.25, 0.3) is 11.5 Å². The van der Waals surface area contributed by atoms with Gasteiger partial charge < -0.3 is 14.0 Å². The topological polar surface area (TPSA) is 57.4 Å². The Morgan fingerprint density at radius 3 is 2.64 bits per heavy atom. The Labute approximate surface area is 128 Å². The van der Waals surface area contributed by atoms with E-state index in [9.17, 15) is 0 Å². The summed E-state index contributed by atoms with van der Waals surface area (Å²) in [5.74, 6) is 2.61. The van der Waals surface area contributed by atoms with Crippen LogP contribution in [0, 0.1) is 0 Å². The van der Waals surface area contributed by atoms with E-state index in [-0.39, 0.29) is 0 Å². The van der Waals surface area contributed by atoms with E-state index < -0.39 is 0 Å². The molecule has 0 aliphatic heterocycles. The molecule has 0 bridgehead atoms. The van der Waals surface area contributed by atoms with Gasteiger partial charge in [-0.1, -0.05) is 29.4 Å². The summed E-state index contributed by atoms with van der Waals surface area (Å²) in [5.41, 5.74) is 0.824. The molecule has 3 rings (SSSR count). The van der Waals surface area contributed by atoms with Gasteiger partial charge in [0.1, 0.15) is 11.5 Å². The molecule has 0 radical (unpaired) electrons. The zero-order valence-corrected chi connectivity index (χ0v) is 12.2. The van der Waals surface area contributed by atoms with Crippen LogP contribution in [-0.4, -0.2) is 23.9 Å². The molecule has 0 aliphatic rings. The van der Waals surface area contributed by atoms with E-state index in [1.165, 1.54) is 0 Å². The summed E-state index contributed by atoms with van der Waals surface area (Å²) in [6, 6.07) is 17.2. The van der Waals surface area contributed by atoms with Crippen molar-refractivity contribution in [3.8, 4) is 23.0 Å². The second-order valence-corrected chi connectivity index (χ2v) is 4.70. The Kier molecular flexibility index (Phi) is 4.46. The lowest BCUT2D eigenvalue weighted by molar-refractivity contribution is 0.199. The van der Waals surface area contributed by atoms with E-state index in [0.29, 0.717) is 24.7 Å². The van der Waals surface area contributed by atoms with Gasteiger partial charge in [0.15, 0.2) is 5.82 Å². The van der Waals surface area contributed by atoms with Crippen LogP contribution in [0.2, 0.25) is 0 Å². The van der Waals surface area contributed by atoms with Crippen molar-refractivity contribution in [2.75, 3.05) is 13.7 Å². The summed E-state index contributed by atoms with van der Waals surface area (Å²) in [7, 11) is 1.64. The predicted molar refractivity (Wildman–Crippen MR) is 81.8 cm³/mol. The lowest BCUT2D eigenvalue weighted by Crippen LogP contribution is -1.96. The van der Waals surface area contributed by atoms with Crippen LogP contribution in [0.3, 0.4) is 0 Å². The molecular formula is C17H16N2O3. The lowest BCUT2D eigenvalue weighted by atomic mass is 10.2. The zero-order valence-electron chi connectivity index (χ0n) is 12.2. The summed E-state index contributed by atoms with van der Waals surface area (Å²) < 4.78 is 16.1. The summed E-state index contributed by atoms with van der Waals surface area (Å²) in [5, 5.41) is 3.94. The molecule has 0 aliphatic carbocycles. The van der Waals surface area contributed by atoms with Crippen LogP contribution < -0.4 is 4.74 Å². The van der Waals surface area contributed by atoms with E-state index in [0.717, 1.165) is 17.1 Å². The van der Waals surface area contributed by atoms with Gasteiger partial charge in [-0.2, -0.15) is 4.98 Å². The number of hydrogen-bond donors (Lipinski definition) is 0. The van der Waals surface area contributed by atoms with E-state index in [1.54, 1.807) is 7.11 Å². The van der Waals surface area contributed by atoms with Crippen LogP contribution in [0.15, 0.2) is 59.1 Å². The minimum Gasteiger partial charge on any atom is -0.457 e. The van der Waals surface area contributed by atoms with Gasteiger partial charge in [-0.05, 0) is 30.3 Å². The van der Waals surface area contributed by atoms with Crippen LogP contribution in [0.1, 0.15) is 5.82 Å². The van der Waals surface area contributed by atoms with E-state index >= 15 is 0 Å². The smallest absolute Gasteiger partial charge is 0.258 e. The maximum absolute atomic E-state index is 5.80. The van der Waals surface area contributed by atoms with Gasteiger partial charge in [0.2, 0.25) is 0 Å². The van der Waals surface area contributed by atoms with Crippen LogP contribution in [0.5, 0.6) is 11.5 Å². The maximum Gasteiger partial charge on any atom is 0.258 e. The van der Waals surface area contributed by atoms with Gasteiger partial charge in [-0.3, -0.25) is 0 Å². The molecular weight excluding hydrogens is 280 g/mol. The average Bonchev–Trinajstić information content (AvgIpc) is 3.03. The SMILES string of the molecule is COCCc1noc(-c2cccc(Oc3ccccc3)c2)n1. The minimum atomic E-state index is 0.476. The Morgan fingerprint density at radius 1 is 1.00 bits per heavy atom. The Morgan fingerprint density at radius 2 is 1.82 bits per heavy atom. The van der Waals surface area contributed by atoms with Crippen molar-refractivity contribution in [2.45, 2.75) is 6.42 Å². The summed E-state index contributed by atoms with van der Waals surface area (Å²) in [6.07, 6.45) is 0.625. The second kappa shape index (κ2) is 6.87. The first-order valence-electron chi connectivity index (χ1n) is 7.00. The molecule has 3 aromatic rings. The van der Waals surface area contributed by atoms with Crippen molar-refractivity contribution in [1.82, 2.24) is 10.1 Å². The molecule has 2 aromatic carbocycles. The van der Waals surface area contributed by atoms with Crippen molar-refractivity contribution >= 4 is 0 Å². The molecule has 0 atom stereocenters. The van der Waals surface area contributed by atoms with Crippen molar-refractivity contribution in [1.29, 1.82) is 0 Å². The van der Waals surface area contributed by atoms with Crippen molar-refractivity contribution in [2.24, 2.45) is 0 Å². The number of ether oxygens (including phenoxy) is 2. The van der Waals surface area contributed by atoms with Gasteiger partial charge in [0.05, 0.1) is 6.61 Å². The van der Waals surface area contributed by atoms with Crippen LogP contribution in [0.4, 0.5) is 0 Å². The number of methoxy groups -OCH3 is 1. The highest BCUT2D eigenvalue weighted by Crippen LogP contribution is 2.26. The van der Waals surface area contributed by atoms with Gasteiger partial charge >= 0.3 is 0 Å². The fraction of sp³-hybridized carbons (Fsp3) is 0.176. The summed E-state index contributed by atoms with van der Waals surface area (Å²) in [4.78, 5) is 4.35. The van der Waals surface area contributed by atoms with E-state index in [2.05, 4.69) is 10.1 Å². The highest BCUT2D eigenvalue weighted by atomic mass is 16.5. The number of benzene rings is 2. The first-order valence-corrected chi connectivity index (χ1v) is 7.00. The molecule has 0 saturated carbocycles. The first kappa shape index (κ1) is 14.3. The normalized spacial score (nSPS) is 10.6. The molecule has 0 unspecified atom stereocenters. The number of rotatable bonds is 6. The standard InChI is InChI=1S/C17H16N2O3/c1-20-11-10-16-18-17(22-19-16)13-6-5-9-15(12-13)21-14-7-3-2-4-8-14/h2-9,12H,10-11H2,1H3. The fourth-order valence-electron chi connectivity index (χ4n) is 1.98. The molecule has 0 amide bonds. The van der Waals surface area contributed by atoms with Crippen molar-refractivity contribution < 1.29 is 14.0 Å². The second-order valence-electron chi connectivity index (χ2n) is 4.70. The molecule has 5 nitrogen and oxygen atoms in total. The highest BCUT2D eigenvalue weighted by molar-refractivity contribution is 5.56.